The quantitative estimate of drug-likeness (QED) is 0.577. The third-order valence-corrected chi connectivity index (χ3v) is 5.72. The Kier molecular flexibility index (Phi) is 6.97. The molecule has 33 heavy (non-hydrogen) atoms. The molecule has 2 heterocycles. The van der Waals surface area contributed by atoms with Crippen molar-refractivity contribution in [3.8, 4) is 17.2 Å². The lowest BCUT2D eigenvalue weighted by Crippen LogP contribution is -2.36. The summed E-state index contributed by atoms with van der Waals surface area (Å²) in [6.07, 6.45) is 4.07. The van der Waals surface area contributed by atoms with Gasteiger partial charge in [-0.15, -0.1) is 10.2 Å². The molecule has 1 N–H and O–H groups in total. The Bertz CT molecular complexity index is 1110. The van der Waals surface area contributed by atoms with E-state index in [1.54, 1.807) is 38.4 Å². The Morgan fingerprint density at radius 1 is 1.00 bits per heavy atom. The zero-order chi connectivity index (χ0) is 23.2. The van der Waals surface area contributed by atoms with Gasteiger partial charge >= 0.3 is 6.03 Å². The van der Waals surface area contributed by atoms with E-state index in [0.717, 1.165) is 43.6 Å². The molecular weight excluding hydrogens is 422 g/mol. The third kappa shape index (κ3) is 5.02. The lowest BCUT2D eigenvalue weighted by atomic mass is 10.1. The molecule has 0 unspecified atom stereocenters. The summed E-state index contributed by atoms with van der Waals surface area (Å²) in [6.45, 7) is 1.03. The van der Waals surface area contributed by atoms with Crippen molar-refractivity contribution in [2.75, 3.05) is 31.5 Å². The lowest BCUT2D eigenvalue weighted by Gasteiger charge is -2.24. The van der Waals surface area contributed by atoms with Gasteiger partial charge in [0.15, 0.2) is 0 Å². The van der Waals surface area contributed by atoms with Crippen molar-refractivity contribution in [2.45, 2.75) is 38.8 Å². The van der Waals surface area contributed by atoms with Crippen LogP contribution in [0.2, 0.25) is 0 Å². The van der Waals surface area contributed by atoms with Gasteiger partial charge in [-0.2, -0.15) is 0 Å². The first kappa shape index (κ1) is 22.4. The molecule has 2 amide bonds. The number of hydrogen-bond donors (Lipinski definition) is 1. The Hall–Kier alpha value is -3.75. The van der Waals surface area contributed by atoms with E-state index in [9.17, 15) is 4.79 Å². The van der Waals surface area contributed by atoms with Gasteiger partial charge in [-0.25, -0.2) is 4.79 Å². The van der Waals surface area contributed by atoms with Crippen LogP contribution in [0.1, 0.15) is 30.7 Å². The maximum absolute atomic E-state index is 13.5. The van der Waals surface area contributed by atoms with Crippen LogP contribution in [0.25, 0.3) is 0 Å². The number of benzene rings is 2. The second kappa shape index (κ2) is 10.2. The average Bonchev–Trinajstić information content (AvgIpc) is 3.09. The van der Waals surface area contributed by atoms with Gasteiger partial charge < -0.3 is 19.5 Å². The zero-order valence-electron chi connectivity index (χ0n) is 19.2. The number of methoxy groups -OCH3 is 3. The fourth-order valence-corrected chi connectivity index (χ4v) is 3.95. The number of rotatable bonds is 7. The molecule has 3 aromatic rings. The number of fused-ring (bicyclic) bond motifs is 1. The molecule has 1 aliphatic heterocycles. The van der Waals surface area contributed by atoms with Crippen molar-refractivity contribution in [2.24, 2.45) is 0 Å². The van der Waals surface area contributed by atoms with E-state index >= 15 is 0 Å². The highest BCUT2D eigenvalue weighted by Gasteiger charge is 2.26. The van der Waals surface area contributed by atoms with E-state index in [-0.39, 0.29) is 12.6 Å². The number of aryl methyl sites for hydroxylation is 1. The number of anilines is 2. The smallest absolute Gasteiger partial charge is 0.329 e. The van der Waals surface area contributed by atoms with Gasteiger partial charge in [-0.1, -0.05) is 12.5 Å². The summed E-state index contributed by atoms with van der Waals surface area (Å²) in [5.41, 5.74) is 1.45. The molecule has 1 aromatic heterocycles. The molecule has 0 atom stereocenters. The SMILES string of the molecule is COc1cccc(NC(=O)N(Cc2ccc(OC)cc2OC)c2nnc3n2CCCCC3)c1. The largest absolute Gasteiger partial charge is 0.497 e. The van der Waals surface area contributed by atoms with Gasteiger partial charge in [-0.05, 0) is 37.1 Å². The van der Waals surface area contributed by atoms with Crippen LogP contribution in [0.3, 0.4) is 0 Å². The molecule has 0 aliphatic carbocycles. The highest BCUT2D eigenvalue weighted by Crippen LogP contribution is 2.29. The monoisotopic (exact) mass is 451 g/mol. The molecule has 9 heteroatoms. The number of nitrogens with one attached hydrogen (secondary N) is 1. The summed E-state index contributed by atoms with van der Waals surface area (Å²) in [7, 11) is 4.80. The maximum atomic E-state index is 13.5. The van der Waals surface area contributed by atoms with Crippen molar-refractivity contribution < 1.29 is 19.0 Å². The van der Waals surface area contributed by atoms with Gasteiger partial charge in [-0.3, -0.25) is 9.47 Å². The molecule has 2 aromatic carbocycles. The summed E-state index contributed by atoms with van der Waals surface area (Å²) in [5, 5.41) is 11.8. The number of urea groups is 1. The van der Waals surface area contributed by atoms with Gasteiger partial charge in [0.2, 0.25) is 5.95 Å². The molecule has 0 saturated carbocycles. The normalized spacial score (nSPS) is 12.9. The fraction of sp³-hybridized carbons (Fsp3) is 0.375. The highest BCUT2D eigenvalue weighted by molar-refractivity contribution is 6.00. The molecule has 0 bridgehead atoms. The molecule has 1 aliphatic rings. The molecule has 0 spiro atoms. The van der Waals surface area contributed by atoms with E-state index in [1.807, 2.05) is 34.9 Å². The summed E-state index contributed by atoms with van der Waals surface area (Å²) in [6, 6.07) is 12.5. The standard InChI is InChI=1S/C24H29N5O4/c1-31-19-9-7-8-18(14-19)25-24(30)29(16-17-11-12-20(32-2)15-21(17)33-3)23-27-26-22-10-5-4-6-13-28(22)23/h7-9,11-12,14-15H,4-6,10,13,16H2,1-3H3,(H,25,30). The van der Waals surface area contributed by atoms with Crippen LogP contribution < -0.4 is 24.4 Å². The molecule has 9 nitrogen and oxygen atoms in total. The number of amides is 2. The van der Waals surface area contributed by atoms with Crippen LogP contribution >= 0.6 is 0 Å². The van der Waals surface area contributed by atoms with Crippen molar-refractivity contribution in [3.05, 3.63) is 53.9 Å². The lowest BCUT2D eigenvalue weighted by molar-refractivity contribution is 0.256. The van der Waals surface area contributed by atoms with Crippen LogP contribution in [0.15, 0.2) is 42.5 Å². The third-order valence-electron chi connectivity index (χ3n) is 5.72. The summed E-state index contributed by atoms with van der Waals surface area (Å²) in [4.78, 5) is 15.1. The molecule has 0 radical (unpaired) electrons. The average molecular weight is 452 g/mol. The maximum Gasteiger partial charge on any atom is 0.329 e. The first-order valence-electron chi connectivity index (χ1n) is 11.0. The number of hydrogen-bond acceptors (Lipinski definition) is 6. The van der Waals surface area contributed by atoms with Crippen molar-refractivity contribution in [1.82, 2.24) is 14.8 Å². The number of nitrogens with zero attached hydrogens (tertiary/aromatic N) is 4. The predicted octanol–water partition coefficient (Wildman–Crippen LogP) is 4.27. The molecular formula is C24H29N5O4. The van der Waals surface area contributed by atoms with Crippen molar-refractivity contribution in [1.29, 1.82) is 0 Å². The second-order valence-corrected chi connectivity index (χ2v) is 7.80. The fourth-order valence-electron chi connectivity index (χ4n) is 3.95. The van der Waals surface area contributed by atoms with E-state index in [0.29, 0.717) is 28.9 Å². The Balaban J connectivity index is 1.69. The van der Waals surface area contributed by atoms with Crippen molar-refractivity contribution >= 4 is 17.7 Å². The minimum absolute atomic E-state index is 0.251. The minimum atomic E-state index is -0.319. The van der Waals surface area contributed by atoms with Gasteiger partial charge in [0.05, 0.1) is 27.9 Å². The van der Waals surface area contributed by atoms with Gasteiger partial charge in [0.25, 0.3) is 0 Å². The van der Waals surface area contributed by atoms with Gasteiger partial charge in [0.1, 0.15) is 23.1 Å². The summed E-state index contributed by atoms with van der Waals surface area (Å²) in [5.74, 6) is 3.39. The number of ether oxygens (including phenoxy) is 3. The molecule has 4 rings (SSSR count). The number of carbonyl (C=O) groups excluding carboxylic acids is 1. The van der Waals surface area contributed by atoms with E-state index in [4.69, 9.17) is 14.2 Å². The number of aromatic nitrogens is 3. The molecule has 0 fully saturated rings. The number of carbonyl (C=O) groups is 1. The van der Waals surface area contributed by atoms with Gasteiger partial charge in [0, 0.05) is 36.3 Å². The summed E-state index contributed by atoms with van der Waals surface area (Å²) >= 11 is 0. The highest BCUT2D eigenvalue weighted by atomic mass is 16.5. The van der Waals surface area contributed by atoms with Crippen LogP contribution in [0.4, 0.5) is 16.4 Å². The van der Waals surface area contributed by atoms with Crippen LogP contribution in [-0.2, 0) is 19.5 Å². The van der Waals surface area contributed by atoms with Crippen LogP contribution in [0.5, 0.6) is 17.2 Å². The molecule has 174 valence electrons. The predicted molar refractivity (Wildman–Crippen MR) is 125 cm³/mol. The van der Waals surface area contributed by atoms with E-state index < -0.39 is 0 Å². The Morgan fingerprint density at radius 3 is 2.61 bits per heavy atom. The second-order valence-electron chi connectivity index (χ2n) is 7.80. The van der Waals surface area contributed by atoms with Crippen LogP contribution in [-0.4, -0.2) is 42.1 Å². The summed E-state index contributed by atoms with van der Waals surface area (Å²) < 4.78 is 18.2. The van der Waals surface area contributed by atoms with E-state index in [1.165, 1.54) is 0 Å². The van der Waals surface area contributed by atoms with Crippen LogP contribution in [0, 0.1) is 0 Å². The topological polar surface area (TPSA) is 90.7 Å². The Morgan fingerprint density at radius 2 is 1.82 bits per heavy atom. The van der Waals surface area contributed by atoms with E-state index in [2.05, 4.69) is 15.5 Å². The van der Waals surface area contributed by atoms with Crippen molar-refractivity contribution in [3.63, 3.8) is 0 Å². The minimum Gasteiger partial charge on any atom is -0.497 e. The first-order valence-corrected chi connectivity index (χ1v) is 11.0. The first-order chi connectivity index (χ1) is 16.1. The molecule has 0 saturated heterocycles. The Labute approximate surface area is 193 Å². The zero-order valence-corrected chi connectivity index (χ0v) is 19.2.